The zero-order valence-electron chi connectivity index (χ0n) is 5.91. The third-order valence-electron chi connectivity index (χ3n) is 2.01. The lowest BCUT2D eigenvalue weighted by atomic mass is 9.75. The normalized spacial score (nSPS) is 46.8. The molecule has 0 aromatic heterocycles. The largest absolute Gasteiger partial charge is 0.300 e. The molecule has 6 N–H and O–H groups in total. The van der Waals surface area contributed by atoms with Gasteiger partial charge in [-0.05, 0) is 12.3 Å². The molecule has 0 heterocycles. The molecule has 0 saturated heterocycles. The Bertz CT molecular complexity index is 132. The van der Waals surface area contributed by atoms with Crippen molar-refractivity contribution in [2.75, 3.05) is 0 Å². The first kappa shape index (κ1) is 7.90. The number of nitrogens with two attached hydrogens (primary N) is 3. The molecule has 3 atom stereocenters. The standard InChI is InChI=1S/C5H13N3O2/c1-3-2-5(6,10-8)4(3)9-7/h3-4H,2,6-8H2,1H3. The summed E-state index contributed by atoms with van der Waals surface area (Å²) < 4.78 is 0. The molecule has 0 amide bonds. The summed E-state index contributed by atoms with van der Waals surface area (Å²) in [6, 6.07) is 0. The number of hydrogen-bond donors (Lipinski definition) is 3. The summed E-state index contributed by atoms with van der Waals surface area (Å²) in [6.45, 7) is 1.97. The van der Waals surface area contributed by atoms with Gasteiger partial charge in [-0.25, -0.2) is 11.8 Å². The van der Waals surface area contributed by atoms with E-state index in [-0.39, 0.29) is 6.10 Å². The van der Waals surface area contributed by atoms with Gasteiger partial charge in [0.2, 0.25) is 0 Å². The lowest BCUT2D eigenvalue weighted by Gasteiger charge is -2.47. The highest BCUT2D eigenvalue weighted by atomic mass is 16.7. The van der Waals surface area contributed by atoms with Crippen molar-refractivity contribution in [3.05, 3.63) is 0 Å². The van der Waals surface area contributed by atoms with Crippen LogP contribution in [0.1, 0.15) is 13.3 Å². The smallest absolute Gasteiger partial charge is 0.166 e. The van der Waals surface area contributed by atoms with Crippen LogP contribution in [0.4, 0.5) is 0 Å². The molecule has 10 heavy (non-hydrogen) atoms. The Balaban J connectivity index is 2.51. The van der Waals surface area contributed by atoms with Gasteiger partial charge in [0.15, 0.2) is 5.72 Å². The summed E-state index contributed by atoms with van der Waals surface area (Å²) in [4.78, 5) is 9.10. The van der Waals surface area contributed by atoms with E-state index >= 15 is 0 Å². The Hall–Kier alpha value is -0.200. The Labute approximate surface area is 59.3 Å². The molecule has 60 valence electrons. The van der Waals surface area contributed by atoms with Crippen LogP contribution in [0.3, 0.4) is 0 Å². The quantitative estimate of drug-likeness (QED) is 0.338. The average molecular weight is 147 g/mol. The Morgan fingerprint density at radius 1 is 1.50 bits per heavy atom. The van der Waals surface area contributed by atoms with Crippen LogP contribution < -0.4 is 17.5 Å². The van der Waals surface area contributed by atoms with Crippen LogP contribution in [0.5, 0.6) is 0 Å². The zero-order valence-corrected chi connectivity index (χ0v) is 5.91. The molecule has 0 aromatic rings. The monoisotopic (exact) mass is 147 g/mol. The number of rotatable bonds is 2. The predicted octanol–water partition coefficient (Wildman–Crippen LogP) is -1.17. The molecule has 0 aromatic carbocycles. The van der Waals surface area contributed by atoms with Crippen LogP contribution in [0.25, 0.3) is 0 Å². The first-order valence-electron chi connectivity index (χ1n) is 3.16. The van der Waals surface area contributed by atoms with Crippen molar-refractivity contribution in [3.8, 4) is 0 Å². The molecule has 1 saturated carbocycles. The molecule has 3 unspecified atom stereocenters. The highest BCUT2D eigenvalue weighted by Crippen LogP contribution is 2.37. The molecule has 0 radical (unpaired) electrons. The highest BCUT2D eigenvalue weighted by molar-refractivity contribution is 4.98. The van der Waals surface area contributed by atoms with Gasteiger partial charge < -0.3 is 0 Å². The second-order valence-corrected chi connectivity index (χ2v) is 2.81. The topological polar surface area (TPSA) is 96.5 Å². The maximum Gasteiger partial charge on any atom is 0.166 e. The third-order valence-corrected chi connectivity index (χ3v) is 2.01. The van der Waals surface area contributed by atoms with E-state index in [4.69, 9.17) is 17.5 Å². The van der Waals surface area contributed by atoms with E-state index in [0.29, 0.717) is 12.3 Å². The maximum atomic E-state index is 5.60. The van der Waals surface area contributed by atoms with Crippen LogP contribution in [-0.2, 0) is 9.68 Å². The van der Waals surface area contributed by atoms with Gasteiger partial charge in [-0.3, -0.25) is 15.4 Å². The first-order chi connectivity index (χ1) is 4.64. The van der Waals surface area contributed by atoms with Crippen molar-refractivity contribution >= 4 is 0 Å². The lowest BCUT2D eigenvalue weighted by Crippen LogP contribution is -2.68. The SMILES string of the molecule is CC1CC(N)(ON)C1ON. The van der Waals surface area contributed by atoms with E-state index in [1.165, 1.54) is 0 Å². The second-order valence-electron chi connectivity index (χ2n) is 2.81. The van der Waals surface area contributed by atoms with E-state index in [0.717, 1.165) is 0 Å². The fourth-order valence-corrected chi connectivity index (χ4v) is 1.41. The van der Waals surface area contributed by atoms with E-state index in [9.17, 15) is 0 Å². The van der Waals surface area contributed by atoms with Crippen molar-refractivity contribution < 1.29 is 9.68 Å². The molecule has 5 heteroatoms. The van der Waals surface area contributed by atoms with E-state index < -0.39 is 5.72 Å². The summed E-state index contributed by atoms with van der Waals surface area (Å²) in [5.74, 6) is 10.2. The van der Waals surface area contributed by atoms with Crippen LogP contribution in [0, 0.1) is 5.92 Å². The molecule has 5 nitrogen and oxygen atoms in total. The fourth-order valence-electron chi connectivity index (χ4n) is 1.41. The maximum absolute atomic E-state index is 5.60. The van der Waals surface area contributed by atoms with E-state index in [1.54, 1.807) is 0 Å². The Morgan fingerprint density at radius 3 is 2.30 bits per heavy atom. The first-order valence-corrected chi connectivity index (χ1v) is 3.16. The van der Waals surface area contributed by atoms with Crippen LogP contribution in [0.15, 0.2) is 0 Å². The van der Waals surface area contributed by atoms with Gasteiger partial charge >= 0.3 is 0 Å². The van der Waals surface area contributed by atoms with Crippen molar-refractivity contribution in [2.45, 2.75) is 25.2 Å². The van der Waals surface area contributed by atoms with Gasteiger partial charge in [0.1, 0.15) is 6.10 Å². The van der Waals surface area contributed by atoms with Gasteiger partial charge in [0, 0.05) is 0 Å². The van der Waals surface area contributed by atoms with Gasteiger partial charge in [-0.2, -0.15) is 0 Å². The molecular formula is C5H13N3O2. The van der Waals surface area contributed by atoms with Gasteiger partial charge in [-0.15, -0.1) is 0 Å². The molecule has 0 aliphatic heterocycles. The zero-order chi connectivity index (χ0) is 7.78. The molecule has 1 rings (SSSR count). The second kappa shape index (κ2) is 2.44. The molecule has 1 aliphatic rings. The minimum Gasteiger partial charge on any atom is -0.300 e. The predicted molar refractivity (Wildman–Crippen MR) is 35.0 cm³/mol. The van der Waals surface area contributed by atoms with E-state index in [2.05, 4.69) is 9.68 Å². The van der Waals surface area contributed by atoms with Crippen molar-refractivity contribution in [1.29, 1.82) is 0 Å². The summed E-state index contributed by atoms with van der Waals surface area (Å²) in [5, 5.41) is 0. The molecule has 1 aliphatic carbocycles. The van der Waals surface area contributed by atoms with Crippen LogP contribution >= 0.6 is 0 Å². The third kappa shape index (κ3) is 0.920. The summed E-state index contributed by atoms with van der Waals surface area (Å²) in [5.41, 5.74) is 4.73. The van der Waals surface area contributed by atoms with Crippen molar-refractivity contribution in [2.24, 2.45) is 23.4 Å². The fraction of sp³-hybridized carbons (Fsp3) is 1.00. The average Bonchev–Trinajstić information content (AvgIpc) is 1.88. The summed E-state index contributed by atoms with van der Waals surface area (Å²) in [6.07, 6.45) is 0.406. The van der Waals surface area contributed by atoms with Crippen molar-refractivity contribution in [1.82, 2.24) is 0 Å². The van der Waals surface area contributed by atoms with Gasteiger partial charge in [0.05, 0.1) is 0 Å². The Morgan fingerprint density at radius 2 is 2.10 bits per heavy atom. The van der Waals surface area contributed by atoms with Gasteiger partial charge in [-0.1, -0.05) is 6.92 Å². The van der Waals surface area contributed by atoms with Gasteiger partial charge in [0.25, 0.3) is 0 Å². The van der Waals surface area contributed by atoms with Crippen molar-refractivity contribution in [3.63, 3.8) is 0 Å². The minimum absolute atomic E-state index is 0.280. The molecule has 0 bridgehead atoms. The minimum atomic E-state index is -0.867. The summed E-state index contributed by atoms with van der Waals surface area (Å²) in [7, 11) is 0. The van der Waals surface area contributed by atoms with Crippen LogP contribution in [0.2, 0.25) is 0 Å². The molecule has 0 spiro atoms. The number of hydrogen-bond acceptors (Lipinski definition) is 5. The van der Waals surface area contributed by atoms with E-state index in [1.807, 2.05) is 6.92 Å². The molecular weight excluding hydrogens is 134 g/mol. The highest BCUT2D eigenvalue weighted by Gasteiger charge is 2.51. The van der Waals surface area contributed by atoms with Crippen LogP contribution in [-0.4, -0.2) is 11.8 Å². The molecule has 1 fully saturated rings. The summed E-state index contributed by atoms with van der Waals surface area (Å²) >= 11 is 0. The Kier molecular flexibility index (Phi) is 1.93. The lowest BCUT2D eigenvalue weighted by molar-refractivity contribution is -0.232.